The fourth-order valence-electron chi connectivity index (χ4n) is 0.807. The molecule has 1 aromatic rings. The van der Waals surface area contributed by atoms with E-state index >= 15 is 0 Å². The van der Waals surface area contributed by atoms with Gasteiger partial charge in [-0.15, -0.1) is 0 Å². The van der Waals surface area contributed by atoms with Gasteiger partial charge in [0.2, 0.25) is 0 Å². The Morgan fingerprint density at radius 2 is 2.36 bits per heavy atom. The van der Waals surface area contributed by atoms with Gasteiger partial charge < -0.3 is 4.90 Å². The van der Waals surface area contributed by atoms with E-state index in [1.807, 2.05) is 31.0 Å². The zero-order chi connectivity index (χ0) is 8.27. The van der Waals surface area contributed by atoms with Crippen molar-refractivity contribution < 1.29 is 0 Å². The summed E-state index contributed by atoms with van der Waals surface area (Å²) >= 11 is 0. The summed E-state index contributed by atoms with van der Waals surface area (Å²) in [5, 5.41) is 0. The van der Waals surface area contributed by atoms with Crippen LogP contribution in [-0.2, 0) is 0 Å². The molecule has 0 aromatic carbocycles. The molecule has 1 aromatic heterocycles. The van der Waals surface area contributed by atoms with Gasteiger partial charge in [-0.05, 0) is 30.8 Å². The van der Waals surface area contributed by atoms with Crippen LogP contribution in [0.2, 0.25) is 0 Å². The topological polar surface area (TPSA) is 16.1 Å². The molecule has 0 radical (unpaired) electrons. The van der Waals surface area contributed by atoms with Crippen molar-refractivity contribution in [3.8, 4) is 0 Å². The number of aryl methyl sites for hydroxylation is 1. The monoisotopic (exact) mass is 148 g/mol. The number of pyridine rings is 1. The molecule has 0 fully saturated rings. The first-order valence-corrected chi connectivity index (χ1v) is 3.52. The number of nitrogens with zero attached hydrogens (tertiary/aromatic N) is 2. The summed E-state index contributed by atoms with van der Waals surface area (Å²) in [6, 6.07) is 3.99. The van der Waals surface area contributed by atoms with Crippen LogP contribution in [0.3, 0.4) is 0 Å². The van der Waals surface area contributed by atoms with Crippen LogP contribution in [0.25, 0.3) is 0 Å². The zero-order valence-electron chi connectivity index (χ0n) is 6.91. The fourth-order valence-corrected chi connectivity index (χ4v) is 0.807. The van der Waals surface area contributed by atoms with Crippen LogP contribution < -0.4 is 4.90 Å². The van der Waals surface area contributed by atoms with Gasteiger partial charge in [-0.1, -0.05) is 6.58 Å². The maximum Gasteiger partial charge on any atom is 0.132 e. The molecular formula is C9H12N2. The number of hydrogen-bond donors (Lipinski definition) is 0. The lowest BCUT2D eigenvalue weighted by Crippen LogP contribution is -2.08. The molecule has 2 nitrogen and oxygen atoms in total. The number of aromatic nitrogens is 1. The molecule has 0 aliphatic rings. The van der Waals surface area contributed by atoms with Crippen molar-refractivity contribution in [2.75, 3.05) is 11.9 Å². The first-order chi connectivity index (χ1) is 5.24. The summed E-state index contributed by atoms with van der Waals surface area (Å²) in [7, 11) is 1.93. The summed E-state index contributed by atoms with van der Waals surface area (Å²) in [5.41, 5.74) is 1.21. The second kappa shape index (κ2) is 3.19. The van der Waals surface area contributed by atoms with Gasteiger partial charge in [-0.25, -0.2) is 4.98 Å². The van der Waals surface area contributed by atoms with Crippen LogP contribution in [0.5, 0.6) is 0 Å². The molecule has 0 spiro atoms. The molecule has 0 saturated carbocycles. The van der Waals surface area contributed by atoms with Crippen molar-refractivity contribution in [1.29, 1.82) is 0 Å². The molecule has 1 rings (SSSR count). The molecule has 2 heteroatoms. The minimum Gasteiger partial charge on any atom is -0.337 e. The zero-order valence-corrected chi connectivity index (χ0v) is 6.91. The Balaban J connectivity index is 2.95. The highest BCUT2D eigenvalue weighted by atomic mass is 15.1. The number of rotatable bonds is 2. The predicted molar refractivity (Wildman–Crippen MR) is 47.6 cm³/mol. The van der Waals surface area contributed by atoms with Crippen molar-refractivity contribution in [1.82, 2.24) is 4.98 Å². The summed E-state index contributed by atoms with van der Waals surface area (Å²) < 4.78 is 0. The van der Waals surface area contributed by atoms with Gasteiger partial charge in [0.15, 0.2) is 0 Å². The number of hydrogen-bond acceptors (Lipinski definition) is 2. The van der Waals surface area contributed by atoms with Crippen molar-refractivity contribution in [2.24, 2.45) is 0 Å². The third-order valence-electron chi connectivity index (χ3n) is 1.54. The van der Waals surface area contributed by atoms with E-state index in [-0.39, 0.29) is 0 Å². The van der Waals surface area contributed by atoms with E-state index in [9.17, 15) is 0 Å². The molecule has 58 valence electrons. The summed E-state index contributed by atoms with van der Waals surface area (Å²) in [6.45, 7) is 5.70. The molecule has 0 N–H and O–H groups in total. The lowest BCUT2D eigenvalue weighted by atomic mass is 10.3. The van der Waals surface area contributed by atoms with Crippen molar-refractivity contribution in [3.05, 3.63) is 36.7 Å². The third kappa shape index (κ3) is 1.80. The Bertz CT molecular complexity index is 255. The van der Waals surface area contributed by atoms with Gasteiger partial charge in [0.25, 0.3) is 0 Å². The van der Waals surface area contributed by atoms with E-state index in [2.05, 4.69) is 11.6 Å². The second-order valence-corrected chi connectivity index (χ2v) is 2.48. The Morgan fingerprint density at radius 1 is 1.64 bits per heavy atom. The van der Waals surface area contributed by atoms with Crippen molar-refractivity contribution in [3.63, 3.8) is 0 Å². The maximum absolute atomic E-state index is 4.16. The minimum atomic E-state index is 0.931. The van der Waals surface area contributed by atoms with E-state index in [1.165, 1.54) is 5.56 Å². The van der Waals surface area contributed by atoms with Crippen LogP contribution >= 0.6 is 0 Å². The van der Waals surface area contributed by atoms with Crippen molar-refractivity contribution in [2.45, 2.75) is 6.92 Å². The maximum atomic E-state index is 4.16. The molecule has 0 saturated heterocycles. The van der Waals surface area contributed by atoms with Gasteiger partial charge in [0.1, 0.15) is 5.82 Å². The molecule has 11 heavy (non-hydrogen) atoms. The largest absolute Gasteiger partial charge is 0.337 e. The Kier molecular flexibility index (Phi) is 2.26. The Morgan fingerprint density at radius 3 is 2.91 bits per heavy atom. The molecule has 0 aliphatic heterocycles. The SMILES string of the molecule is C=CN(C)c1cc(C)ccn1. The summed E-state index contributed by atoms with van der Waals surface area (Å²) in [5.74, 6) is 0.931. The first-order valence-electron chi connectivity index (χ1n) is 3.52. The molecule has 0 bridgehead atoms. The third-order valence-corrected chi connectivity index (χ3v) is 1.54. The van der Waals surface area contributed by atoms with Crippen LogP contribution in [-0.4, -0.2) is 12.0 Å². The Labute approximate surface area is 67.2 Å². The van der Waals surface area contributed by atoms with Crippen LogP contribution in [0.1, 0.15) is 5.56 Å². The van der Waals surface area contributed by atoms with E-state index in [0.29, 0.717) is 0 Å². The highest BCUT2D eigenvalue weighted by molar-refractivity contribution is 5.42. The van der Waals surface area contributed by atoms with E-state index in [4.69, 9.17) is 0 Å². The first kappa shape index (κ1) is 7.79. The fraction of sp³-hybridized carbons (Fsp3) is 0.222. The predicted octanol–water partition coefficient (Wildman–Crippen LogP) is 1.97. The van der Waals surface area contributed by atoms with E-state index < -0.39 is 0 Å². The van der Waals surface area contributed by atoms with Gasteiger partial charge >= 0.3 is 0 Å². The normalized spacial score (nSPS) is 9.27. The standard InChI is InChI=1S/C9H12N2/c1-4-11(3)9-7-8(2)5-6-10-9/h4-7H,1H2,2-3H3. The van der Waals surface area contributed by atoms with E-state index in [0.717, 1.165) is 5.82 Å². The van der Waals surface area contributed by atoms with Gasteiger partial charge in [0.05, 0.1) is 0 Å². The quantitative estimate of drug-likeness (QED) is 0.637. The molecule has 0 atom stereocenters. The summed E-state index contributed by atoms with van der Waals surface area (Å²) in [4.78, 5) is 6.05. The summed E-state index contributed by atoms with van der Waals surface area (Å²) in [6.07, 6.45) is 3.53. The molecule has 0 amide bonds. The van der Waals surface area contributed by atoms with Gasteiger partial charge in [-0.2, -0.15) is 0 Å². The molecule has 0 aliphatic carbocycles. The number of anilines is 1. The van der Waals surface area contributed by atoms with Crippen LogP contribution in [0.15, 0.2) is 31.1 Å². The van der Waals surface area contributed by atoms with Crippen molar-refractivity contribution >= 4 is 5.82 Å². The smallest absolute Gasteiger partial charge is 0.132 e. The van der Waals surface area contributed by atoms with E-state index in [1.54, 1.807) is 12.4 Å². The highest BCUT2D eigenvalue weighted by Crippen LogP contribution is 2.09. The lowest BCUT2D eigenvalue weighted by molar-refractivity contribution is 1.12. The van der Waals surface area contributed by atoms with Gasteiger partial charge in [-0.3, -0.25) is 0 Å². The average molecular weight is 148 g/mol. The van der Waals surface area contributed by atoms with Gasteiger partial charge in [0, 0.05) is 13.2 Å². The molecular weight excluding hydrogens is 136 g/mol. The Hall–Kier alpha value is -1.31. The molecule has 1 heterocycles. The van der Waals surface area contributed by atoms with Crippen LogP contribution in [0, 0.1) is 6.92 Å². The minimum absolute atomic E-state index is 0.931. The second-order valence-electron chi connectivity index (χ2n) is 2.48. The molecule has 0 unspecified atom stereocenters. The average Bonchev–Trinajstić information content (AvgIpc) is 2.03. The van der Waals surface area contributed by atoms with Crippen LogP contribution in [0.4, 0.5) is 5.82 Å². The highest BCUT2D eigenvalue weighted by Gasteiger charge is 1.95. The lowest BCUT2D eigenvalue weighted by Gasteiger charge is -2.11.